The Morgan fingerprint density at radius 3 is 3.31 bits per heavy atom. The normalized spacial score (nSPS) is 14.5. The molecule has 0 unspecified atom stereocenters. The molecule has 4 heteroatoms. The predicted molar refractivity (Wildman–Crippen MR) is 56.2 cm³/mol. The first-order valence-electron chi connectivity index (χ1n) is 4.26. The molecule has 1 aliphatic rings. The van der Waals surface area contributed by atoms with Crippen LogP contribution in [0.1, 0.15) is 5.56 Å². The third-order valence-corrected chi connectivity index (χ3v) is 3.19. The number of thiazole rings is 1. The van der Waals surface area contributed by atoms with Crippen LogP contribution < -0.4 is 11.1 Å². The van der Waals surface area contributed by atoms with E-state index in [1.807, 2.05) is 0 Å². The molecule has 0 aliphatic carbocycles. The van der Waals surface area contributed by atoms with Crippen molar-refractivity contribution in [1.82, 2.24) is 4.98 Å². The van der Waals surface area contributed by atoms with Gasteiger partial charge in [0, 0.05) is 12.2 Å². The second-order valence-corrected chi connectivity index (χ2v) is 4.27. The van der Waals surface area contributed by atoms with E-state index in [2.05, 4.69) is 22.4 Å². The molecule has 0 spiro atoms. The van der Waals surface area contributed by atoms with Crippen LogP contribution in [0.25, 0.3) is 10.2 Å². The Balaban J connectivity index is 2.35. The smallest absolute Gasteiger partial charge is 0.181 e. The molecule has 0 atom stereocenters. The van der Waals surface area contributed by atoms with Crippen molar-refractivity contribution in [2.24, 2.45) is 0 Å². The maximum Gasteiger partial charge on any atom is 0.181 e. The summed E-state index contributed by atoms with van der Waals surface area (Å²) in [5.41, 5.74) is 9.25. The molecule has 0 bridgehead atoms. The summed E-state index contributed by atoms with van der Waals surface area (Å²) in [7, 11) is 0. The fraction of sp³-hybridized carbons (Fsp3) is 0.222. The van der Waals surface area contributed by atoms with Crippen LogP contribution in [0.4, 0.5) is 10.8 Å². The van der Waals surface area contributed by atoms with Gasteiger partial charge < -0.3 is 11.1 Å². The minimum absolute atomic E-state index is 0.652. The Labute approximate surface area is 79.6 Å². The fourth-order valence-electron chi connectivity index (χ4n) is 1.74. The molecule has 1 aliphatic heterocycles. The van der Waals surface area contributed by atoms with Gasteiger partial charge in [0.2, 0.25) is 0 Å². The van der Waals surface area contributed by atoms with Crippen molar-refractivity contribution in [3.63, 3.8) is 0 Å². The number of nitrogens with two attached hydrogens (primary N) is 1. The van der Waals surface area contributed by atoms with Gasteiger partial charge in [-0.3, -0.25) is 0 Å². The summed E-state index contributed by atoms with van der Waals surface area (Å²) in [5.74, 6) is 0. The largest absolute Gasteiger partial charge is 0.384 e. The fourth-order valence-corrected chi connectivity index (χ4v) is 2.52. The zero-order chi connectivity index (χ0) is 8.84. The van der Waals surface area contributed by atoms with E-state index in [0.29, 0.717) is 5.13 Å². The Morgan fingerprint density at radius 1 is 1.46 bits per heavy atom. The molecule has 3 rings (SSSR count). The van der Waals surface area contributed by atoms with E-state index in [1.165, 1.54) is 16.0 Å². The summed E-state index contributed by atoms with van der Waals surface area (Å²) >= 11 is 1.56. The van der Waals surface area contributed by atoms with E-state index >= 15 is 0 Å². The van der Waals surface area contributed by atoms with Crippen molar-refractivity contribution in [2.75, 3.05) is 17.6 Å². The molecule has 0 saturated carbocycles. The third kappa shape index (κ3) is 0.986. The number of nitrogen functional groups attached to an aromatic ring is 1. The van der Waals surface area contributed by atoms with Gasteiger partial charge in [0.25, 0.3) is 0 Å². The molecule has 66 valence electrons. The van der Waals surface area contributed by atoms with Crippen LogP contribution in [0.2, 0.25) is 0 Å². The van der Waals surface area contributed by atoms with Gasteiger partial charge in [-0.25, -0.2) is 4.98 Å². The predicted octanol–water partition coefficient (Wildman–Crippen LogP) is 1.85. The SMILES string of the molecule is Nc1nc2cc3c(cc2s1)CCN3. The second kappa shape index (κ2) is 2.35. The second-order valence-electron chi connectivity index (χ2n) is 3.21. The van der Waals surface area contributed by atoms with Crippen LogP contribution in [0.15, 0.2) is 12.1 Å². The topological polar surface area (TPSA) is 50.9 Å². The van der Waals surface area contributed by atoms with Crippen LogP contribution >= 0.6 is 11.3 Å². The Bertz CT molecular complexity index is 434. The molecular formula is C9H9N3S. The molecule has 1 aromatic heterocycles. The quantitative estimate of drug-likeness (QED) is 0.668. The Hall–Kier alpha value is -1.29. The van der Waals surface area contributed by atoms with Crippen LogP contribution in [0.5, 0.6) is 0 Å². The van der Waals surface area contributed by atoms with E-state index in [4.69, 9.17) is 5.73 Å². The molecule has 0 radical (unpaired) electrons. The van der Waals surface area contributed by atoms with E-state index < -0.39 is 0 Å². The van der Waals surface area contributed by atoms with Crippen molar-refractivity contribution in [3.05, 3.63) is 17.7 Å². The van der Waals surface area contributed by atoms with Crippen molar-refractivity contribution < 1.29 is 0 Å². The van der Waals surface area contributed by atoms with Crippen molar-refractivity contribution in [1.29, 1.82) is 0 Å². The first kappa shape index (κ1) is 7.15. The summed E-state index contributed by atoms with van der Waals surface area (Å²) < 4.78 is 1.19. The number of rotatable bonds is 0. The number of benzene rings is 1. The van der Waals surface area contributed by atoms with Gasteiger partial charge >= 0.3 is 0 Å². The number of aromatic nitrogens is 1. The standard InChI is InChI=1S/C9H9N3S/c10-9-12-7-4-6-5(1-2-11-6)3-8(7)13-9/h3-4,11H,1-2H2,(H2,10,12). The highest BCUT2D eigenvalue weighted by Crippen LogP contribution is 2.31. The number of hydrogen-bond acceptors (Lipinski definition) is 4. The molecular weight excluding hydrogens is 182 g/mol. The van der Waals surface area contributed by atoms with Gasteiger partial charge in [-0.05, 0) is 24.1 Å². The number of nitrogens with zero attached hydrogens (tertiary/aromatic N) is 1. The van der Waals surface area contributed by atoms with Crippen molar-refractivity contribution in [2.45, 2.75) is 6.42 Å². The van der Waals surface area contributed by atoms with E-state index in [-0.39, 0.29) is 0 Å². The Morgan fingerprint density at radius 2 is 2.38 bits per heavy atom. The lowest BCUT2D eigenvalue weighted by atomic mass is 10.1. The van der Waals surface area contributed by atoms with E-state index in [0.717, 1.165) is 18.5 Å². The van der Waals surface area contributed by atoms with Crippen molar-refractivity contribution >= 4 is 32.4 Å². The molecule has 0 fully saturated rings. The number of fused-ring (bicyclic) bond motifs is 2. The molecule has 3 N–H and O–H groups in total. The molecule has 3 nitrogen and oxygen atoms in total. The summed E-state index contributed by atoms with van der Waals surface area (Å²) in [4.78, 5) is 4.25. The summed E-state index contributed by atoms with van der Waals surface area (Å²) in [6.45, 7) is 1.04. The zero-order valence-corrected chi connectivity index (χ0v) is 7.82. The average Bonchev–Trinajstić information content (AvgIpc) is 2.63. The maximum atomic E-state index is 5.64. The first-order valence-corrected chi connectivity index (χ1v) is 5.07. The molecule has 1 aromatic carbocycles. The number of anilines is 2. The lowest BCUT2D eigenvalue weighted by Gasteiger charge is -1.97. The average molecular weight is 191 g/mol. The monoisotopic (exact) mass is 191 g/mol. The summed E-state index contributed by atoms with van der Waals surface area (Å²) in [5, 5.41) is 3.98. The minimum atomic E-state index is 0.652. The van der Waals surface area contributed by atoms with Gasteiger partial charge in [-0.15, -0.1) is 0 Å². The number of hydrogen-bond donors (Lipinski definition) is 2. The van der Waals surface area contributed by atoms with Gasteiger partial charge in [0.1, 0.15) is 0 Å². The highest BCUT2D eigenvalue weighted by Gasteiger charge is 2.12. The van der Waals surface area contributed by atoms with Gasteiger partial charge in [-0.2, -0.15) is 0 Å². The highest BCUT2D eigenvalue weighted by molar-refractivity contribution is 7.22. The van der Waals surface area contributed by atoms with Crippen molar-refractivity contribution in [3.8, 4) is 0 Å². The molecule has 2 aromatic rings. The summed E-state index contributed by atoms with van der Waals surface area (Å²) in [6.07, 6.45) is 1.11. The zero-order valence-electron chi connectivity index (χ0n) is 7.00. The minimum Gasteiger partial charge on any atom is -0.384 e. The van der Waals surface area contributed by atoms with Crippen LogP contribution in [0, 0.1) is 0 Å². The molecule has 2 heterocycles. The molecule has 0 saturated heterocycles. The Kier molecular flexibility index (Phi) is 1.29. The van der Waals surface area contributed by atoms with Crippen LogP contribution in [-0.2, 0) is 6.42 Å². The third-order valence-electron chi connectivity index (χ3n) is 2.34. The van der Waals surface area contributed by atoms with Crippen LogP contribution in [0.3, 0.4) is 0 Å². The molecule has 13 heavy (non-hydrogen) atoms. The van der Waals surface area contributed by atoms with Gasteiger partial charge in [-0.1, -0.05) is 11.3 Å². The van der Waals surface area contributed by atoms with E-state index in [9.17, 15) is 0 Å². The van der Waals surface area contributed by atoms with Gasteiger partial charge in [0.15, 0.2) is 5.13 Å². The maximum absolute atomic E-state index is 5.64. The lowest BCUT2D eigenvalue weighted by molar-refractivity contribution is 1.11. The van der Waals surface area contributed by atoms with Crippen LogP contribution in [-0.4, -0.2) is 11.5 Å². The molecule has 0 amide bonds. The number of nitrogens with one attached hydrogen (secondary N) is 1. The summed E-state index contributed by atoms with van der Waals surface area (Å²) in [6, 6.07) is 4.28. The highest BCUT2D eigenvalue weighted by atomic mass is 32.1. The van der Waals surface area contributed by atoms with E-state index in [1.54, 1.807) is 11.3 Å². The lowest BCUT2D eigenvalue weighted by Crippen LogP contribution is -1.90. The van der Waals surface area contributed by atoms with Gasteiger partial charge in [0.05, 0.1) is 10.2 Å². The first-order chi connectivity index (χ1) is 6.33.